The molecule has 0 aromatic heterocycles. The number of β-amino-alcohol motifs (C(OH)–C–C–N with tert-alkyl or cyclic N) is 1. The first-order valence-electron chi connectivity index (χ1n) is 8.17. The molecule has 0 spiro atoms. The lowest BCUT2D eigenvalue weighted by atomic mass is 10.3. The molecule has 2 rings (SSSR count). The molecule has 1 unspecified atom stereocenters. The number of aliphatic hydroxyl groups is 1. The standard InChI is InChI=1S/C16H24F2N2O4S/c1-12(2)24-11-14(21)10-19-5-7-20(8-6-19)25(22,23)16-9-13(17)3-4-15(16)18/h3-4,9,12,14,21H,5-8,10-11H2,1-2H3. The van der Waals surface area contributed by atoms with Crippen LogP contribution >= 0.6 is 0 Å². The summed E-state index contributed by atoms with van der Waals surface area (Å²) >= 11 is 0. The first kappa shape index (κ1) is 20.2. The Kier molecular flexibility index (Phi) is 6.86. The Labute approximate surface area is 147 Å². The Bertz CT molecular complexity index is 677. The SMILES string of the molecule is CC(C)OCC(O)CN1CCN(S(=O)(=O)c2cc(F)ccc2F)CC1. The van der Waals surface area contributed by atoms with Crippen LogP contribution in [0.3, 0.4) is 0 Å². The summed E-state index contributed by atoms with van der Waals surface area (Å²) in [7, 11) is -4.08. The van der Waals surface area contributed by atoms with Crippen LogP contribution in [0, 0.1) is 11.6 Å². The minimum Gasteiger partial charge on any atom is -0.389 e. The van der Waals surface area contributed by atoms with Gasteiger partial charge in [0.2, 0.25) is 10.0 Å². The molecule has 1 aliphatic heterocycles. The zero-order valence-corrected chi connectivity index (χ0v) is 15.2. The van der Waals surface area contributed by atoms with Gasteiger partial charge >= 0.3 is 0 Å². The van der Waals surface area contributed by atoms with Crippen molar-refractivity contribution in [1.29, 1.82) is 0 Å². The van der Waals surface area contributed by atoms with E-state index >= 15 is 0 Å². The highest BCUT2D eigenvalue weighted by molar-refractivity contribution is 7.89. The van der Waals surface area contributed by atoms with Gasteiger partial charge in [-0.2, -0.15) is 4.31 Å². The fraction of sp³-hybridized carbons (Fsp3) is 0.625. The number of halogens is 2. The second kappa shape index (κ2) is 8.50. The first-order valence-corrected chi connectivity index (χ1v) is 9.61. The molecule has 6 nitrogen and oxygen atoms in total. The van der Waals surface area contributed by atoms with Gasteiger partial charge in [0.25, 0.3) is 0 Å². The highest BCUT2D eigenvalue weighted by atomic mass is 32.2. The maximum Gasteiger partial charge on any atom is 0.246 e. The molecule has 25 heavy (non-hydrogen) atoms. The molecule has 1 saturated heterocycles. The Morgan fingerprint density at radius 1 is 1.20 bits per heavy atom. The van der Waals surface area contributed by atoms with Crippen molar-refractivity contribution in [2.75, 3.05) is 39.3 Å². The Balaban J connectivity index is 1.94. The molecule has 0 aliphatic carbocycles. The van der Waals surface area contributed by atoms with E-state index in [2.05, 4.69) is 0 Å². The van der Waals surface area contributed by atoms with Crippen LogP contribution < -0.4 is 0 Å². The average molecular weight is 378 g/mol. The van der Waals surface area contributed by atoms with Crippen LogP contribution in [0.5, 0.6) is 0 Å². The zero-order chi connectivity index (χ0) is 18.6. The number of hydrogen-bond acceptors (Lipinski definition) is 5. The van der Waals surface area contributed by atoms with Gasteiger partial charge in [-0.1, -0.05) is 0 Å². The molecule has 1 aromatic rings. The minimum absolute atomic E-state index is 0.0257. The molecule has 9 heteroatoms. The minimum atomic E-state index is -4.08. The van der Waals surface area contributed by atoms with Crippen molar-refractivity contribution in [2.24, 2.45) is 0 Å². The van der Waals surface area contributed by atoms with Gasteiger partial charge in [-0.25, -0.2) is 17.2 Å². The van der Waals surface area contributed by atoms with Crippen molar-refractivity contribution in [2.45, 2.75) is 31.0 Å². The third kappa shape index (κ3) is 5.42. The van der Waals surface area contributed by atoms with Crippen molar-refractivity contribution in [3.8, 4) is 0 Å². The van der Waals surface area contributed by atoms with Crippen molar-refractivity contribution < 1.29 is 27.0 Å². The van der Waals surface area contributed by atoms with Gasteiger partial charge in [-0.15, -0.1) is 0 Å². The van der Waals surface area contributed by atoms with Gasteiger partial charge in [0.15, 0.2) is 0 Å². The number of hydrogen-bond donors (Lipinski definition) is 1. The Morgan fingerprint density at radius 3 is 2.44 bits per heavy atom. The van der Waals surface area contributed by atoms with E-state index in [1.54, 1.807) is 0 Å². The molecule has 1 atom stereocenters. The van der Waals surface area contributed by atoms with Crippen LogP contribution in [-0.4, -0.2) is 74.3 Å². The van der Waals surface area contributed by atoms with Gasteiger partial charge in [0.1, 0.15) is 16.5 Å². The lowest BCUT2D eigenvalue weighted by Crippen LogP contribution is -2.50. The van der Waals surface area contributed by atoms with Crippen molar-refractivity contribution in [3.63, 3.8) is 0 Å². The smallest absolute Gasteiger partial charge is 0.246 e. The normalized spacial score (nSPS) is 18.6. The number of aliphatic hydroxyl groups excluding tert-OH is 1. The van der Waals surface area contributed by atoms with E-state index in [1.165, 1.54) is 0 Å². The van der Waals surface area contributed by atoms with E-state index < -0.39 is 32.7 Å². The molecule has 1 aliphatic rings. The molecule has 0 saturated carbocycles. The van der Waals surface area contributed by atoms with Crippen molar-refractivity contribution in [1.82, 2.24) is 9.21 Å². The third-order valence-corrected chi connectivity index (χ3v) is 5.85. The van der Waals surface area contributed by atoms with E-state index in [1.807, 2.05) is 18.7 Å². The summed E-state index contributed by atoms with van der Waals surface area (Å²) in [6.07, 6.45) is -0.635. The molecule has 1 aromatic carbocycles. The summed E-state index contributed by atoms with van der Waals surface area (Å²) in [5.41, 5.74) is 0. The molecule has 1 heterocycles. The zero-order valence-electron chi connectivity index (χ0n) is 14.4. The molecule has 0 amide bonds. The predicted octanol–water partition coefficient (Wildman–Crippen LogP) is 1.06. The topological polar surface area (TPSA) is 70.1 Å². The molecular weight excluding hydrogens is 354 g/mol. The van der Waals surface area contributed by atoms with Crippen LogP contribution in [0.4, 0.5) is 8.78 Å². The number of nitrogens with zero attached hydrogens (tertiary/aromatic N) is 2. The summed E-state index contributed by atoms with van der Waals surface area (Å²) in [6, 6.07) is 2.39. The number of benzene rings is 1. The van der Waals surface area contributed by atoms with E-state index in [0.29, 0.717) is 25.7 Å². The van der Waals surface area contributed by atoms with Gasteiger partial charge in [0.05, 0.1) is 18.8 Å². The monoisotopic (exact) mass is 378 g/mol. The molecule has 142 valence electrons. The second-order valence-electron chi connectivity index (χ2n) is 6.32. The lowest BCUT2D eigenvalue weighted by molar-refractivity contribution is -0.0117. The van der Waals surface area contributed by atoms with E-state index in [-0.39, 0.29) is 25.8 Å². The summed E-state index contributed by atoms with van der Waals surface area (Å²) in [6.45, 7) is 5.43. The maximum absolute atomic E-state index is 13.8. The largest absolute Gasteiger partial charge is 0.389 e. The van der Waals surface area contributed by atoms with E-state index in [9.17, 15) is 22.3 Å². The average Bonchev–Trinajstić information content (AvgIpc) is 2.55. The first-order chi connectivity index (χ1) is 11.7. The highest BCUT2D eigenvalue weighted by Crippen LogP contribution is 2.21. The molecule has 0 bridgehead atoms. The van der Waals surface area contributed by atoms with Crippen molar-refractivity contribution >= 4 is 10.0 Å². The molecule has 1 N–H and O–H groups in total. The van der Waals surface area contributed by atoms with Crippen LogP contribution in [0.2, 0.25) is 0 Å². The Hall–Kier alpha value is -1.13. The van der Waals surface area contributed by atoms with Crippen LogP contribution in [-0.2, 0) is 14.8 Å². The molecule has 0 radical (unpaired) electrons. The quantitative estimate of drug-likeness (QED) is 0.768. The van der Waals surface area contributed by atoms with Gasteiger partial charge in [-0.05, 0) is 32.0 Å². The predicted molar refractivity (Wildman–Crippen MR) is 88.7 cm³/mol. The summed E-state index contributed by atoms with van der Waals surface area (Å²) in [5.74, 6) is -1.77. The van der Waals surface area contributed by atoms with Gasteiger partial charge in [0, 0.05) is 32.7 Å². The molecular formula is C16H24F2N2O4S. The maximum atomic E-state index is 13.8. The van der Waals surface area contributed by atoms with Crippen molar-refractivity contribution in [3.05, 3.63) is 29.8 Å². The van der Waals surface area contributed by atoms with E-state index in [4.69, 9.17) is 4.74 Å². The van der Waals surface area contributed by atoms with Crippen LogP contribution in [0.1, 0.15) is 13.8 Å². The fourth-order valence-corrected chi connectivity index (χ4v) is 4.12. The Morgan fingerprint density at radius 2 is 1.84 bits per heavy atom. The number of sulfonamides is 1. The number of piperazine rings is 1. The number of rotatable bonds is 7. The number of ether oxygens (including phenoxy) is 1. The highest BCUT2D eigenvalue weighted by Gasteiger charge is 2.31. The summed E-state index contributed by atoms with van der Waals surface area (Å²) in [4.78, 5) is 1.27. The summed E-state index contributed by atoms with van der Waals surface area (Å²) in [5, 5.41) is 9.93. The second-order valence-corrected chi connectivity index (χ2v) is 8.22. The van der Waals surface area contributed by atoms with Gasteiger partial charge in [-0.3, -0.25) is 4.90 Å². The van der Waals surface area contributed by atoms with Crippen LogP contribution in [0.25, 0.3) is 0 Å². The summed E-state index contributed by atoms with van der Waals surface area (Å²) < 4.78 is 58.5. The molecule has 1 fully saturated rings. The van der Waals surface area contributed by atoms with E-state index in [0.717, 1.165) is 16.4 Å². The van der Waals surface area contributed by atoms with Crippen LogP contribution in [0.15, 0.2) is 23.1 Å². The van der Waals surface area contributed by atoms with Gasteiger partial charge < -0.3 is 9.84 Å². The lowest BCUT2D eigenvalue weighted by Gasteiger charge is -2.35. The fourth-order valence-electron chi connectivity index (χ4n) is 2.62. The third-order valence-electron chi connectivity index (χ3n) is 3.93.